The van der Waals surface area contributed by atoms with E-state index in [0.29, 0.717) is 0 Å². The fourth-order valence-corrected chi connectivity index (χ4v) is 3.02. The van der Waals surface area contributed by atoms with E-state index >= 15 is 0 Å². The number of aromatic nitrogens is 3. The predicted octanol–water partition coefficient (Wildman–Crippen LogP) is 1.57. The number of hydrogen-bond acceptors (Lipinski definition) is 3. The van der Waals surface area contributed by atoms with E-state index in [1.165, 1.54) is 18.5 Å². The van der Waals surface area contributed by atoms with Crippen LogP contribution in [0.3, 0.4) is 0 Å². The molecule has 1 atom stereocenters. The van der Waals surface area contributed by atoms with Gasteiger partial charge in [0.05, 0.1) is 11.2 Å². The summed E-state index contributed by atoms with van der Waals surface area (Å²) < 4.78 is 2.74. The Morgan fingerprint density at radius 1 is 1.64 bits per heavy atom. The van der Waals surface area contributed by atoms with E-state index in [9.17, 15) is 0 Å². The van der Waals surface area contributed by atoms with E-state index in [0.717, 1.165) is 17.6 Å². The zero-order valence-corrected chi connectivity index (χ0v) is 10.1. The van der Waals surface area contributed by atoms with Crippen molar-refractivity contribution in [2.24, 2.45) is 7.05 Å². The van der Waals surface area contributed by atoms with Crippen LogP contribution in [-0.2, 0) is 12.6 Å². The monoisotopic (exact) mass is 258 g/mol. The van der Waals surface area contributed by atoms with Gasteiger partial charge in [0.1, 0.15) is 0 Å². The first-order valence-electron chi connectivity index (χ1n) is 5.00. The van der Waals surface area contributed by atoms with Gasteiger partial charge in [-0.3, -0.25) is 0 Å². The van der Waals surface area contributed by atoms with Crippen molar-refractivity contribution in [2.75, 3.05) is 6.54 Å². The summed E-state index contributed by atoms with van der Waals surface area (Å²) in [5.74, 6) is 0. The average molecular weight is 259 g/mol. The van der Waals surface area contributed by atoms with E-state index in [1.54, 1.807) is 0 Å². The number of hydrogen-bond donors (Lipinski definition) is 1. The van der Waals surface area contributed by atoms with Crippen LogP contribution in [0.5, 0.6) is 0 Å². The van der Waals surface area contributed by atoms with Crippen LogP contribution in [0.4, 0.5) is 0 Å². The van der Waals surface area contributed by atoms with Crippen molar-refractivity contribution in [3.63, 3.8) is 0 Å². The molecule has 1 aliphatic heterocycles. The van der Waals surface area contributed by atoms with Gasteiger partial charge in [0.2, 0.25) is 0 Å². The summed E-state index contributed by atoms with van der Waals surface area (Å²) in [7, 11) is 1.95. The molecular weight excluding hydrogens is 244 g/mol. The summed E-state index contributed by atoms with van der Waals surface area (Å²) in [6, 6.07) is 0. The molecule has 5 heteroatoms. The van der Waals surface area contributed by atoms with Gasteiger partial charge in [-0.2, -0.15) is 0 Å². The SMILES string of the molecule is CCC1(c2c(Br)nnn2C)CCCN1. The lowest BCUT2D eigenvalue weighted by atomic mass is 9.91. The first-order valence-corrected chi connectivity index (χ1v) is 5.79. The molecule has 1 unspecified atom stereocenters. The molecule has 2 heterocycles. The lowest BCUT2D eigenvalue weighted by Crippen LogP contribution is -2.38. The number of halogens is 1. The molecule has 0 aliphatic carbocycles. The Morgan fingerprint density at radius 3 is 2.86 bits per heavy atom. The van der Waals surface area contributed by atoms with Gasteiger partial charge in [0.15, 0.2) is 4.60 Å². The molecule has 2 rings (SSSR count). The Bertz CT molecular complexity index is 308. The lowest BCUT2D eigenvalue weighted by Gasteiger charge is -2.28. The second kappa shape index (κ2) is 3.62. The molecule has 1 fully saturated rings. The van der Waals surface area contributed by atoms with Crippen molar-refractivity contribution < 1.29 is 0 Å². The second-order valence-corrected chi connectivity index (χ2v) is 4.57. The van der Waals surface area contributed by atoms with Crippen LogP contribution in [0.1, 0.15) is 31.9 Å². The molecule has 14 heavy (non-hydrogen) atoms. The molecule has 78 valence electrons. The van der Waals surface area contributed by atoms with Crippen molar-refractivity contribution in [2.45, 2.75) is 31.7 Å². The van der Waals surface area contributed by atoms with Crippen LogP contribution < -0.4 is 5.32 Å². The highest BCUT2D eigenvalue weighted by molar-refractivity contribution is 9.10. The summed E-state index contributed by atoms with van der Waals surface area (Å²) in [5.41, 5.74) is 1.26. The Labute approximate surface area is 92.2 Å². The van der Waals surface area contributed by atoms with E-state index in [2.05, 4.69) is 38.5 Å². The highest BCUT2D eigenvalue weighted by Gasteiger charge is 2.38. The molecular formula is C9H15BrN4. The third-order valence-corrected chi connectivity index (χ3v) is 3.62. The standard InChI is InChI=1S/C9H15BrN4/c1-3-9(5-4-6-11-9)7-8(10)12-13-14(7)2/h11H,3-6H2,1-2H3. The Balaban J connectivity index is 2.45. The first kappa shape index (κ1) is 10.1. The molecule has 0 radical (unpaired) electrons. The molecule has 0 saturated carbocycles. The maximum absolute atomic E-state index is 4.04. The van der Waals surface area contributed by atoms with Gasteiger partial charge in [-0.05, 0) is 41.7 Å². The molecule has 0 bridgehead atoms. The van der Waals surface area contributed by atoms with Crippen LogP contribution in [0.15, 0.2) is 4.60 Å². The summed E-state index contributed by atoms with van der Waals surface area (Å²) in [4.78, 5) is 0. The largest absolute Gasteiger partial charge is 0.306 e. The van der Waals surface area contributed by atoms with Gasteiger partial charge in [0.25, 0.3) is 0 Å². The smallest absolute Gasteiger partial charge is 0.153 e. The Hall–Kier alpha value is -0.420. The van der Waals surface area contributed by atoms with E-state index in [4.69, 9.17) is 0 Å². The highest BCUT2D eigenvalue weighted by Crippen LogP contribution is 2.36. The van der Waals surface area contributed by atoms with Gasteiger partial charge in [0, 0.05) is 7.05 Å². The maximum atomic E-state index is 4.04. The van der Waals surface area contributed by atoms with Crippen molar-refractivity contribution >= 4 is 15.9 Å². The summed E-state index contributed by atoms with van der Waals surface area (Å²) >= 11 is 3.47. The topological polar surface area (TPSA) is 42.7 Å². The van der Waals surface area contributed by atoms with Gasteiger partial charge < -0.3 is 5.32 Å². The molecule has 1 aromatic heterocycles. The quantitative estimate of drug-likeness (QED) is 0.876. The molecule has 0 amide bonds. The first-order chi connectivity index (χ1) is 6.69. The molecule has 4 nitrogen and oxygen atoms in total. The van der Waals surface area contributed by atoms with Gasteiger partial charge in [-0.15, -0.1) is 5.10 Å². The van der Waals surface area contributed by atoms with Gasteiger partial charge in [-0.1, -0.05) is 12.1 Å². The van der Waals surface area contributed by atoms with Crippen LogP contribution >= 0.6 is 15.9 Å². The van der Waals surface area contributed by atoms with Crippen LogP contribution in [0.25, 0.3) is 0 Å². The van der Waals surface area contributed by atoms with E-state index in [1.807, 2.05) is 11.7 Å². The van der Waals surface area contributed by atoms with Crippen LogP contribution in [0.2, 0.25) is 0 Å². The minimum absolute atomic E-state index is 0.0804. The van der Waals surface area contributed by atoms with E-state index in [-0.39, 0.29) is 5.54 Å². The zero-order valence-electron chi connectivity index (χ0n) is 8.55. The molecule has 1 aliphatic rings. The van der Waals surface area contributed by atoms with E-state index < -0.39 is 0 Å². The van der Waals surface area contributed by atoms with Gasteiger partial charge in [-0.25, -0.2) is 4.68 Å². The lowest BCUT2D eigenvalue weighted by molar-refractivity contribution is 0.347. The van der Waals surface area contributed by atoms with Crippen LogP contribution in [-0.4, -0.2) is 21.5 Å². The van der Waals surface area contributed by atoms with Crippen molar-refractivity contribution in [1.29, 1.82) is 0 Å². The van der Waals surface area contributed by atoms with Gasteiger partial charge >= 0.3 is 0 Å². The molecule has 1 aromatic rings. The third kappa shape index (κ3) is 1.39. The van der Waals surface area contributed by atoms with Crippen molar-refractivity contribution in [1.82, 2.24) is 20.3 Å². The number of aryl methyl sites for hydroxylation is 1. The molecule has 1 N–H and O–H groups in total. The minimum atomic E-state index is 0.0804. The predicted molar refractivity (Wildman–Crippen MR) is 57.9 cm³/mol. The number of nitrogens with one attached hydrogen (secondary N) is 1. The molecule has 1 saturated heterocycles. The fourth-order valence-electron chi connectivity index (χ4n) is 2.32. The molecule has 0 aromatic carbocycles. The normalized spacial score (nSPS) is 27.1. The highest BCUT2D eigenvalue weighted by atomic mass is 79.9. The minimum Gasteiger partial charge on any atom is -0.306 e. The number of rotatable bonds is 2. The summed E-state index contributed by atoms with van der Waals surface area (Å²) in [6.45, 7) is 3.29. The molecule has 0 spiro atoms. The van der Waals surface area contributed by atoms with Crippen molar-refractivity contribution in [3.8, 4) is 0 Å². The third-order valence-electron chi connectivity index (χ3n) is 3.09. The average Bonchev–Trinajstić information content (AvgIpc) is 2.75. The maximum Gasteiger partial charge on any atom is 0.153 e. The fraction of sp³-hybridized carbons (Fsp3) is 0.778. The zero-order chi connectivity index (χ0) is 10.2. The Kier molecular flexibility index (Phi) is 2.62. The summed E-state index contributed by atoms with van der Waals surface area (Å²) in [6.07, 6.45) is 3.47. The summed E-state index contributed by atoms with van der Waals surface area (Å²) in [5, 5.41) is 11.6. The second-order valence-electron chi connectivity index (χ2n) is 3.82. The van der Waals surface area contributed by atoms with Crippen LogP contribution in [0, 0.1) is 0 Å². The Morgan fingerprint density at radius 2 is 2.43 bits per heavy atom. The number of nitrogens with zero attached hydrogens (tertiary/aromatic N) is 3. The van der Waals surface area contributed by atoms with Crippen molar-refractivity contribution in [3.05, 3.63) is 10.3 Å².